The molecule has 4 aliphatic carbocycles. The van der Waals surface area contributed by atoms with Crippen LogP contribution in [-0.2, 0) is 9.47 Å². The number of aliphatic hydroxyl groups excluding tert-OH is 3. The average Bonchev–Trinajstić information content (AvgIpc) is 3.18. The van der Waals surface area contributed by atoms with Gasteiger partial charge in [-0.2, -0.15) is 0 Å². The van der Waals surface area contributed by atoms with Gasteiger partial charge in [-0.25, -0.2) is 0 Å². The van der Waals surface area contributed by atoms with Gasteiger partial charge in [-0.15, -0.1) is 0 Å². The molecule has 32 heavy (non-hydrogen) atoms. The van der Waals surface area contributed by atoms with Crippen molar-refractivity contribution in [1.29, 1.82) is 0 Å². The molecule has 5 heteroatoms. The van der Waals surface area contributed by atoms with Gasteiger partial charge < -0.3 is 24.8 Å². The molecule has 3 N–H and O–H groups in total. The molecular formula is C27H44O5. The molecule has 0 aromatic rings. The van der Waals surface area contributed by atoms with Crippen molar-refractivity contribution in [1.82, 2.24) is 0 Å². The number of fused-ring (bicyclic) bond motifs is 7. The highest BCUT2D eigenvalue weighted by molar-refractivity contribution is 5.17. The lowest BCUT2D eigenvalue weighted by Gasteiger charge is -2.62. The molecule has 0 radical (unpaired) electrons. The van der Waals surface area contributed by atoms with Crippen molar-refractivity contribution in [2.75, 3.05) is 6.61 Å². The molecule has 14 atom stereocenters. The Kier molecular flexibility index (Phi) is 4.99. The van der Waals surface area contributed by atoms with Crippen molar-refractivity contribution in [3.05, 3.63) is 0 Å². The summed E-state index contributed by atoms with van der Waals surface area (Å²) in [5, 5.41) is 32.6. The lowest BCUT2D eigenvalue weighted by Crippen LogP contribution is -2.59. The second kappa shape index (κ2) is 7.16. The van der Waals surface area contributed by atoms with Crippen LogP contribution in [-0.4, -0.2) is 52.1 Å². The smallest absolute Gasteiger partial charge is 0.197 e. The van der Waals surface area contributed by atoms with Crippen molar-refractivity contribution in [2.24, 2.45) is 52.3 Å². The van der Waals surface area contributed by atoms with Crippen molar-refractivity contribution in [3.63, 3.8) is 0 Å². The maximum atomic E-state index is 11.2. The molecule has 0 bridgehead atoms. The maximum absolute atomic E-state index is 11.2. The molecule has 1 spiro atoms. The van der Waals surface area contributed by atoms with E-state index in [2.05, 4.69) is 27.7 Å². The third-order valence-corrected chi connectivity index (χ3v) is 11.9. The first-order valence-electron chi connectivity index (χ1n) is 13.5. The van der Waals surface area contributed by atoms with Crippen LogP contribution in [0, 0.1) is 52.3 Å². The molecule has 2 heterocycles. The number of aliphatic hydroxyl groups is 3. The minimum absolute atomic E-state index is 0.146. The van der Waals surface area contributed by atoms with E-state index >= 15 is 0 Å². The molecule has 0 amide bonds. The fraction of sp³-hybridized carbons (Fsp3) is 1.00. The van der Waals surface area contributed by atoms with Crippen molar-refractivity contribution < 1.29 is 24.8 Å². The van der Waals surface area contributed by atoms with Crippen LogP contribution in [0.25, 0.3) is 0 Å². The Bertz CT molecular complexity index is 758. The molecule has 0 aromatic heterocycles. The van der Waals surface area contributed by atoms with Crippen LogP contribution in [0.4, 0.5) is 0 Å². The Labute approximate surface area is 193 Å². The third kappa shape index (κ3) is 2.75. The van der Waals surface area contributed by atoms with Crippen molar-refractivity contribution in [2.45, 2.75) is 109 Å². The lowest BCUT2D eigenvalue weighted by atomic mass is 9.43. The summed E-state index contributed by atoms with van der Waals surface area (Å²) < 4.78 is 13.0. The zero-order valence-corrected chi connectivity index (χ0v) is 20.4. The fourth-order valence-corrected chi connectivity index (χ4v) is 10.4. The summed E-state index contributed by atoms with van der Waals surface area (Å²) in [4.78, 5) is 0. The van der Waals surface area contributed by atoms with Crippen LogP contribution in [0.5, 0.6) is 0 Å². The maximum Gasteiger partial charge on any atom is 0.197 e. The highest BCUT2D eigenvalue weighted by Crippen LogP contribution is 2.71. The quantitative estimate of drug-likeness (QED) is 0.526. The normalized spacial score (nSPS) is 64.0. The van der Waals surface area contributed by atoms with Crippen molar-refractivity contribution in [3.8, 4) is 0 Å². The summed E-state index contributed by atoms with van der Waals surface area (Å²) >= 11 is 0. The standard InChI is InChI=1S/C27H44O5/c1-14-9-23(30)27(31-13-14)15(2)24-22(32-27)12-19-17-11-21(29)20-10-16(28)5-7-25(20,3)18(17)6-8-26(19,24)4/h14-24,28-30H,5-13H2,1-4H3/t14-,15?,16-,17?,18?,19?,20?,21?,22?,23+,24?,25+,26-,27?/m0/s1. The predicted molar refractivity (Wildman–Crippen MR) is 121 cm³/mol. The number of hydrogen-bond donors (Lipinski definition) is 3. The van der Waals surface area contributed by atoms with E-state index in [1.165, 1.54) is 12.8 Å². The summed E-state index contributed by atoms with van der Waals surface area (Å²) in [5.74, 6) is 2.12. The first-order chi connectivity index (χ1) is 15.1. The predicted octanol–water partition coefficient (Wildman–Crippen LogP) is 3.74. The van der Waals surface area contributed by atoms with Crippen LogP contribution in [0.1, 0.15) is 79.1 Å². The van der Waals surface area contributed by atoms with E-state index in [1.807, 2.05) is 0 Å². The summed E-state index contributed by atoms with van der Waals surface area (Å²) in [6.45, 7) is 9.98. The zero-order chi connectivity index (χ0) is 22.6. The van der Waals surface area contributed by atoms with Crippen LogP contribution < -0.4 is 0 Å². The molecule has 2 saturated heterocycles. The van der Waals surface area contributed by atoms with E-state index in [1.54, 1.807) is 0 Å². The summed E-state index contributed by atoms with van der Waals surface area (Å²) in [7, 11) is 0. The first kappa shape index (κ1) is 22.3. The molecule has 2 aliphatic heterocycles. The Morgan fingerprint density at radius 2 is 1.56 bits per heavy atom. The van der Waals surface area contributed by atoms with E-state index in [4.69, 9.17) is 9.47 Å². The van der Waals surface area contributed by atoms with Gasteiger partial charge in [0, 0.05) is 5.92 Å². The van der Waals surface area contributed by atoms with Gasteiger partial charge in [0.15, 0.2) is 5.79 Å². The van der Waals surface area contributed by atoms with Crippen LogP contribution in [0.15, 0.2) is 0 Å². The molecule has 4 saturated carbocycles. The summed E-state index contributed by atoms with van der Waals surface area (Å²) in [5.41, 5.74) is 0.324. The van der Waals surface area contributed by atoms with Gasteiger partial charge in [0.2, 0.25) is 0 Å². The van der Waals surface area contributed by atoms with Crippen LogP contribution >= 0.6 is 0 Å². The van der Waals surface area contributed by atoms with E-state index in [0.29, 0.717) is 36.2 Å². The van der Waals surface area contributed by atoms with E-state index in [0.717, 1.165) is 38.5 Å². The molecule has 9 unspecified atom stereocenters. The largest absolute Gasteiger partial charge is 0.393 e. The molecule has 5 nitrogen and oxygen atoms in total. The third-order valence-electron chi connectivity index (χ3n) is 11.9. The number of hydrogen-bond acceptors (Lipinski definition) is 5. The van der Waals surface area contributed by atoms with Gasteiger partial charge in [-0.3, -0.25) is 0 Å². The minimum atomic E-state index is -0.824. The molecule has 6 rings (SSSR count). The fourth-order valence-electron chi connectivity index (χ4n) is 10.4. The Hall–Kier alpha value is -0.200. The molecule has 6 fully saturated rings. The zero-order valence-electron chi connectivity index (χ0n) is 20.4. The van der Waals surface area contributed by atoms with Gasteiger partial charge in [0.25, 0.3) is 0 Å². The first-order valence-corrected chi connectivity index (χ1v) is 13.5. The SMILES string of the molecule is CC1C2C(CC3C4CC(O)C5C[C@@H](O)CC[C@]5(C)C4CC[C@@]32C)OC12OC[C@@H](C)C[C@H]2O. The van der Waals surface area contributed by atoms with Gasteiger partial charge in [-0.05, 0) is 97.7 Å². The highest BCUT2D eigenvalue weighted by atomic mass is 16.7. The minimum Gasteiger partial charge on any atom is -0.393 e. The van der Waals surface area contributed by atoms with Crippen molar-refractivity contribution >= 4 is 0 Å². The van der Waals surface area contributed by atoms with Crippen LogP contribution in [0.2, 0.25) is 0 Å². The summed E-state index contributed by atoms with van der Waals surface area (Å²) in [6, 6.07) is 0. The monoisotopic (exact) mass is 448 g/mol. The van der Waals surface area contributed by atoms with E-state index in [-0.39, 0.29) is 41.0 Å². The van der Waals surface area contributed by atoms with Gasteiger partial charge >= 0.3 is 0 Å². The Balaban J connectivity index is 1.29. The number of rotatable bonds is 0. The topological polar surface area (TPSA) is 79.2 Å². The number of ether oxygens (including phenoxy) is 2. The molecule has 0 aromatic carbocycles. The summed E-state index contributed by atoms with van der Waals surface area (Å²) in [6.07, 6.45) is 6.86. The van der Waals surface area contributed by atoms with Gasteiger partial charge in [0.05, 0.1) is 24.9 Å². The average molecular weight is 449 g/mol. The Morgan fingerprint density at radius 3 is 2.31 bits per heavy atom. The molecule has 6 aliphatic rings. The second-order valence-corrected chi connectivity index (χ2v) is 13.4. The Morgan fingerprint density at radius 1 is 0.812 bits per heavy atom. The van der Waals surface area contributed by atoms with Gasteiger partial charge in [-0.1, -0.05) is 27.7 Å². The molecule has 182 valence electrons. The highest BCUT2D eigenvalue weighted by Gasteiger charge is 2.71. The second-order valence-electron chi connectivity index (χ2n) is 13.4. The van der Waals surface area contributed by atoms with Gasteiger partial charge in [0.1, 0.15) is 6.10 Å². The van der Waals surface area contributed by atoms with Crippen LogP contribution in [0.3, 0.4) is 0 Å². The molecular weight excluding hydrogens is 404 g/mol. The lowest BCUT2D eigenvalue weighted by molar-refractivity contribution is -0.316. The van der Waals surface area contributed by atoms with E-state index in [9.17, 15) is 15.3 Å². The van der Waals surface area contributed by atoms with E-state index < -0.39 is 11.9 Å².